The van der Waals surface area contributed by atoms with Gasteiger partial charge in [-0.25, -0.2) is 0 Å². The molecule has 1 N–H and O–H groups in total. The molecule has 2 nitrogen and oxygen atoms in total. The van der Waals surface area contributed by atoms with Crippen LogP contribution in [0.3, 0.4) is 0 Å². The monoisotopic (exact) mass is 409 g/mol. The van der Waals surface area contributed by atoms with Crippen LogP contribution in [0.15, 0.2) is 13.6 Å². The minimum Gasteiger partial charge on any atom is -0.378 e. The van der Waals surface area contributed by atoms with Crippen molar-refractivity contribution in [1.82, 2.24) is 5.32 Å². The van der Waals surface area contributed by atoms with E-state index in [0.29, 0.717) is 6.04 Å². The van der Waals surface area contributed by atoms with Gasteiger partial charge in [-0.1, -0.05) is 6.92 Å². The topological polar surface area (TPSA) is 21.3 Å². The third-order valence-corrected chi connectivity index (χ3v) is 6.36. The van der Waals surface area contributed by atoms with Crippen LogP contribution in [0, 0.1) is 0 Å². The Labute approximate surface area is 136 Å². The van der Waals surface area contributed by atoms with Gasteiger partial charge < -0.3 is 10.1 Å². The molecular weight excluding hydrogens is 390 g/mol. The Morgan fingerprint density at radius 1 is 1.47 bits per heavy atom. The van der Waals surface area contributed by atoms with Gasteiger partial charge in [-0.15, -0.1) is 11.3 Å². The minimum atomic E-state index is 0.0965. The first-order valence-electron chi connectivity index (χ1n) is 6.83. The average Bonchev–Trinajstić information content (AvgIpc) is 2.67. The molecule has 0 saturated heterocycles. The van der Waals surface area contributed by atoms with Crippen LogP contribution < -0.4 is 5.32 Å². The van der Waals surface area contributed by atoms with E-state index >= 15 is 0 Å². The lowest BCUT2D eigenvalue weighted by Gasteiger charge is -2.43. The zero-order valence-corrected chi connectivity index (χ0v) is 15.5. The van der Waals surface area contributed by atoms with E-state index in [1.807, 2.05) is 7.11 Å². The van der Waals surface area contributed by atoms with Crippen molar-refractivity contribution in [3.8, 4) is 0 Å². The zero-order chi connectivity index (χ0) is 13.9. The van der Waals surface area contributed by atoms with Crippen LogP contribution in [0.5, 0.6) is 0 Å². The number of methoxy groups -OCH3 is 1. The van der Waals surface area contributed by atoms with Crippen molar-refractivity contribution >= 4 is 43.2 Å². The van der Waals surface area contributed by atoms with Crippen LogP contribution in [0.1, 0.15) is 50.6 Å². The van der Waals surface area contributed by atoms with E-state index in [0.717, 1.165) is 19.4 Å². The number of ether oxygens (including phenoxy) is 1. The Hall–Kier alpha value is 0.580. The lowest BCUT2D eigenvalue weighted by molar-refractivity contribution is -0.0838. The first-order chi connectivity index (χ1) is 9.10. The molecule has 1 heterocycles. The van der Waals surface area contributed by atoms with Gasteiger partial charge in [0.05, 0.1) is 13.2 Å². The van der Waals surface area contributed by atoms with E-state index in [2.05, 4.69) is 50.2 Å². The standard InChI is InChI=1S/C14H21Br2NOS/c1-3-7-17-11(9-14(18-2)5-4-6-14)10-8-12(15)19-13(10)16/h8,11,17H,3-7,9H2,1-2H3. The summed E-state index contributed by atoms with van der Waals surface area (Å²) in [5, 5.41) is 3.67. The largest absolute Gasteiger partial charge is 0.378 e. The van der Waals surface area contributed by atoms with Crippen LogP contribution in [0.25, 0.3) is 0 Å². The van der Waals surface area contributed by atoms with Crippen molar-refractivity contribution < 1.29 is 4.74 Å². The predicted molar refractivity (Wildman–Crippen MR) is 89.0 cm³/mol. The molecule has 0 aliphatic heterocycles. The van der Waals surface area contributed by atoms with Gasteiger partial charge in [0.2, 0.25) is 0 Å². The van der Waals surface area contributed by atoms with E-state index in [9.17, 15) is 0 Å². The molecule has 0 spiro atoms. The molecule has 1 unspecified atom stereocenters. The van der Waals surface area contributed by atoms with Crippen molar-refractivity contribution in [3.63, 3.8) is 0 Å². The van der Waals surface area contributed by atoms with Crippen molar-refractivity contribution in [1.29, 1.82) is 0 Å². The van der Waals surface area contributed by atoms with E-state index in [1.54, 1.807) is 11.3 Å². The summed E-state index contributed by atoms with van der Waals surface area (Å²) in [4.78, 5) is 0. The number of nitrogens with one attached hydrogen (secondary N) is 1. The fraction of sp³-hybridized carbons (Fsp3) is 0.714. The molecule has 2 rings (SSSR count). The van der Waals surface area contributed by atoms with Crippen LogP contribution >= 0.6 is 43.2 Å². The summed E-state index contributed by atoms with van der Waals surface area (Å²) in [6.45, 7) is 3.25. The molecule has 1 aliphatic rings. The molecule has 1 saturated carbocycles. The molecule has 0 amide bonds. The highest BCUT2D eigenvalue weighted by molar-refractivity contribution is 9.12. The molecule has 0 aromatic carbocycles. The molecule has 1 atom stereocenters. The van der Waals surface area contributed by atoms with E-state index in [4.69, 9.17) is 4.74 Å². The minimum absolute atomic E-state index is 0.0965. The third-order valence-electron chi connectivity index (χ3n) is 3.97. The SMILES string of the molecule is CCCNC(CC1(OC)CCC1)c1cc(Br)sc1Br. The smallest absolute Gasteiger partial charge is 0.0758 e. The second-order valence-corrected chi connectivity index (χ2v) is 8.98. The molecule has 108 valence electrons. The summed E-state index contributed by atoms with van der Waals surface area (Å²) in [6, 6.07) is 2.60. The Kier molecular flexibility index (Phi) is 5.90. The number of thiophene rings is 1. The van der Waals surface area contributed by atoms with Crippen LogP contribution in [-0.2, 0) is 4.74 Å². The zero-order valence-electron chi connectivity index (χ0n) is 11.5. The summed E-state index contributed by atoms with van der Waals surface area (Å²) in [5.74, 6) is 0. The lowest BCUT2D eigenvalue weighted by atomic mass is 9.75. The second-order valence-electron chi connectivity index (χ2n) is 5.23. The number of halogens is 2. The van der Waals surface area contributed by atoms with Crippen LogP contribution in [0.2, 0.25) is 0 Å². The quantitative estimate of drug-likeness (QED) is 0.660. The maximum absolute atomic E-state index is 5.79. The molecule has 1 aliphatic carbocycles. The number of hydrogen-bond donors (Lipinski definition) is 1. The summed E-state index contributed by atoms with van der Waals surface area (Å²) in [6.07, 6.45) is 5.89. The number of hydrogen-bond acceptors (Lipinski definition) is 3. The summed E-state index contributed by atoms with van der Waals surface area (Å²) < 4.78 is 8.19. The molecule has 5 heteroatoms. The fourth-order valence-electron chi connectivity index (χ4n) is 2.64. The van der Waals surface area contributed by atoms with Gasteiger partial charge in [-0.2, -0.15) is 0 Å². The van der Waals surface area contributed by atoms with E-state index < -0.39 is 0 Å². The average molecular weight is 411 g/mol. The highest BCUT2D eigenvalue weighted by atomic mass is 79.9. The molecule has 19 heavy (non-hydrogen) atoms. The van der Waals surface area contributed by atoms with Crippen molar-refractivity contribution in [2.75, 3.05) is 13.7 Å². The first-order valence-corrected chi connectivity index (χ1v) is 9.24. The number of rotatable bonds is 7. The highest BCUT2D eigenvalue weighted by Gasteiger charge is 2.39. The van der Waals surface area contributed by atoms with Gasteiger partial charge >= 0.3 is 0 Å². The maximum atomic E-state index is 5.79. The van der Waals surface area contributed by atoms with Crippen LogP contribution in [0.4, 0.5) is 0 Å². The van der Waals surface area contributed by atoms with E-state index in [1.165, 1.54) is 32.4 Å². The van der Waals surface area contributed by atoms with E-state index in [-0.39, 0.29) is 5.60 Å². The predicted octanol–water partition coefficient (Wildman–Crippen LogP) is 5.27. The maximum Gasteiger partial charge on any atom is 0.0758 e. The Bertz CT molecular complexity index is 412. The molecule has 0 bridgehead atoms. The van der Waals surface area contributed by atoms with Gasteiger partial charge in [-0.05, 0) is 82.1 Å². The molecule has 1 aromatic heterocycles. The molecule has 0 radical (unpaired) electrons. The van der Waals surface area contributed by atoms with Gasteiger partial charge in [0.1, 0.15) is 0 Å². The Balaban J connectivity index is 2.13. The summed E-state index contributed by atoms with van der Waals surface area (Å²) >= 11 is 9.01. The lowest BCUT2D eigenvalue weighted by Crippen LogP contribution is -2.43. The highest BCUT2D eigenvalue weighted by Crippen LogP contribution is 2.44. The first kappa shape index (κ1) is 16.0. The van der Waals surface area contributed by atoms with Gasteiger partial charge in [-0.3, -0.25) is 0 Å². The normalized spacial score (nSPS) is 19.2. The molecule has 1 fully saturated rings. The van der Waals surface area contributed by atoms with Crippen molar-refractivity contribution in [2.45, 2.75) is 50.7 Å². The molecular formula is C14H21Br2NOS. The fourth-order valence-corrected chi connectivity index (χ4v) is 5.61. The second kappa shape index (κ2) is 7.03. The van der Waals surface area contributed by atoms with Crippen LogP contribution in [-0.4, -0.2) is 19.3 Å². The van der Waals surface area contributed by atoms with Gasteiger partial charge in [0, 0.05) is 13.2 Å². The Morgan fingerprint density at radius 2 is 2.21 bits per heavy atom. The third kappa shape index (κ3) is 3.82. The molecule has 1 aromatic rings. The summed E-state index contributed by atoms with van der Waals surface area (Å²) in [7, 11) is 1.86. The van der Waals surface area contributed by atoms with Gasteiger partial charge in [0.25, 0.3) is 0 Å². The van der Waals surface area contributed by atoms with Crippen molar-refractivity contribution in [2.24, 2.45) is 0 Å². The van der Waals surface area contributed by atoms with Gasteiger partial charge in [0.15, 0.2) is 0 Å². The Morgan fingerprint density at radius 3 is 2.63 bits per heavy atom. The summed E-state index contributed by atoms with van der Waals surface area (Å²) in [5.41, 5.74) is 1.45. The van der Waals surface area contributed by atoms with Crippen molar-refractivity contribution in [3.05, 3.63) is 19.2 Å².